The van der Waals surface area contributed by atoms with Gasteiger partial charge in [0.15, 0.2) is 0 Å². The van der Waals surface area contributed by atoms with Crippen molar-refractivity contribution in [2.45, 2.75) is 31.1 Å². The molecule has 0 spiro atoms. The zero-order valence-electron chi connectivity index (χ0n) is 13.0. The van der Waals surface area contributed by atoms with Crippen LogP contribution in [0.2, 0.25) is 0 Å². The van der Waals surface area contributed by atoms with E-state index < -0.39 is 21.9 Å². The van der Waals surface area contributed by atoms with Crippen molar-refractivity contribution in [1.82, 2.24) is 4.90 Å². The Morgan fingerprint density at radius 2 is 1.79 bits per heavy atom. The molecule has 1 saturated heterocycles. The number of benzene rings is 1. The van der Waals surface area contributed by atoms with Crippen molar-refractivity contribution in [2.24, 2.45) is 5.92 Å². The molecule has 0 bridgehead atoms. The van der Waals surface area contributed by atoms with Crippen LogP contribution in [0, 0.1) is 5.92 Å². The fraction of sp³-hybridized carbons (Fsp3) is 0.533. The van der Waals surface area contributed by atoms with E-state index in [9.17, 15) is 17.7 Å². The molecular formula is C15H22FKN2O4S. The Morgan fingerprint density at radius 1 is 1.25 bits per heavy atom. The van der Waals surface area contributed by atoms with Crippen molar-refractivity contribution in [3.05, 3.63) is 24.3 Å². The number of carbonyl (C=O) groups excluding carboxylic acids is 1. The van der Waals surface area contributed by atoms with Gasteiger partial charge in [-0.15, -0.1) is 5.12 Å². The molecule has 0 aromatic heterocycles. The van der Waals surface area contributed by atoms with Gasteiger partial charge in [0.25, 0.3) is 16.0 Å². The van der Waals surface area contributed by atoms with Gasteiger partial charge in [-0.2, -0.15) is 8.42 Å². The monoisotopic (exact) mass is 384 g/mol. The van der Waals surface area contributed by atoms with Gasteiger partial charge in [-0.3, -0.25) is 9.35 Å². The summed E-state index contributed by atoms with van der Waals surface area (Å²) in [5.74, 6) is -1.17. The summed E-state index contributed by atoms with van der Waals surface area (Å²) in [5.41, 5.74) is -0.0621. The number of amides is 1. The van der Waals surface area contributed by atoms with E-state index in [0.717, 1.165) is 50.2 Å². The maximum atomic E-state index is 14.2. The topological polar surface area (TPSA) is 77.9 Å². The number of nitrogens with zero attached hydrogens (tertiary/aromatic N) is 2. The van der Waals surface area contributed by atoms with E-state index >= 15 is 0 Å². The standard InChI is InChI=1S/C15H21FN2O4S.K.H/c1-12(11-17-9-3-2-4-10-17)15(19)18(16)13-5-7-14(8-6-13)23(20,21)22;;/h5-8,12H,2-4,9-11H2,1H3,(H,20,21,22);;. The Labute approximate surface area is 184 Å². The predicted octanol–water partition coefficient (Wildman–Crippen LogP) is 1.62. The molecule has 130 valence electrons. The fourth-order valence-corrected chi connectivity index (χ4v) is 3.16. The van der Waals surface area contributed by atoms with Crippen LogP contribution < -0.4 is 5.12 Å². The van der Waals surface area contributed by atoms with Crippen LogP contribution in [-0.2, 0) is 14.9 Å². The molecule has 2 rings (SSSR count). The van der Waals surface area contributed by atoms with E-state index in [-0.39, 0.29) is 67.1 Å². The molecule has 0 aliphatic carbocycles. The summed E-state index contributed by atoms with van der Waals surface area (Å²) < 4.78 is 45.0. The Hall–Kier alpha value is 0.126. The van der Waals surface area contributed by atoms with Crippen LogP contribution in [0.5, 0.6) is 0 Å². The first-order chi connectivity index (χ1) is 10.8. The van der Waals surface area contributed by atoms with Crippen LogP contribution in [0.15, 0.2) is 29.2 Å². The van der Waals surface area contributed by atoms with Crippen molar-refractivity contribution < 1.29 is 22.2 Å². The van der Waals surface area contributed by atoms with Crippen LogP contribution in [0.4, 0.5) is 10.2 Å². The van der Waals surface area contributed by atoms with Gasteiger partial charge in [0.2, 0.25) is 0 Å². The summed E-state index contributed by atoms with van der Waals surface area (Å²) in [6, 6.07) is 4.41. The minimum absolute atomic E-state index is 0. The normalized spacial score (nSPS) is 17.0. The molecule has 1 amide bonds. The van der Waals surface area contributed by atoms with Crippen molar-refractivity contribution in [3.8, 4) is 0 Å². The molecule has 1 aliphatic heterocycles. The van der Waals surface area contributed by atoms with Crippen LogP contribution >= 0.6 is 0 Å². The average Bonchev–Trinajstić information content (AvgIpc) is 2.53. The molecule has 6 nitrogen and oxygen atoms in total. The third-order valence-corrected chi connectivity index (χ3v) is 4.82. The summed E-state index contributed by atoms with van der Waals surface area (Å²) >= 11 is 0. The SMILES string of the molecule is CC(CN1CCCCC1)C(=O)N(F)c1ccc(S(=O)(=O)O)cc1.[KH]. The second kappa shape index (κ2) is 9.72. The molecule has 1 aromatic carbocycles. The summed E-state index contributed by atoms with van der Waals surface area (Å²) in [5, 5.41) is 0.0301. The molecular weight excluding hydrogens is 362 g/mol. The number of hydrogen-bond acceptors (Lipinski definition) is 4. The number of carbonyl (C=O) groups is 1. The van der Waals surface area contributed by atoms with Gasteiger partial charge < -0.3 is 4.90 Å². The number of hydrogen-bond donors (Lipinski definition) is 1. The molecule has 24 heavy (non-hydrogen) atoms. The third-order valence-electron chi connectivity index (χ3n) is 3.96. The first kappa shape index (κ1) is 22.2. The first-order valence-corrected chi connectivity index (χ1v) is 9.02. The minimum atomic E-state index is -4.33. The summed E-state index contributed by atoms with van der Waals surface area (Å²) in [6.07, 6.45) is 3.38. The Kier molecular flexibility index (Phi) is 8.98. The molecule has 1 atom stereocenters. The summed E-state index contributed by atoms with van der Waals surface area (Å²) in [6.45, 7) is 4.03. The van der Waals surface area contributed by atoms with E-state index in [1.807, 2.05) is 0 Å². The number of piperidine rings is 1. The van der Waals surface area contributed by atoms with E-state index in [1.165, 1.54) is 6.42 Å². The molecule has 1 aromatic rings. The zero-order chi connectivity index (χ0) is 17.0. The van der Waals surface area contributed by atoms with E-state index in [2.05, 4.69) is 4.90 Å². The number of likely N-dealkylation sites (tertiary alicyclic amines) is 1. The molecule has 1 unspecified atom stereocenters. The van der Waals surface area contributed by atoms with Gasteiger partial charge in [-0.05, 0) is 50.2 Å². The van der Waals surface area contributed by atoms with Gasteiger partial charge >= 0.3 is 51.4 Å². The molecule has 1 fully saturated rings. The summed E-state index contributed by atoms with van der Waals surface area (Å²) in [4.78, 5) is 14.0. The predicted molar refractivity (Wildman–Crippen MR) is 91.5 cm³/mol. The molecule has 9 heteroatoms. The average molecular weight is 385 g/mol. The second-order valence-corrected chi connectivity index (χ2v) is 7.27. The van der Waals surface area contributed by atoms with Gasteiger partial charge in [0, 0.05) is 6.54 Å². The van der Waals surface area contributed by atoms with Crippen molar-refractivity contribution in [1.29, 1.82) is 0 Å². The zero-order valence-corrected chi connectivity index (χ0v) is 13.8. The van der Waals surface area contributed by atoms with Gasteiger partial charge in [-0.1, -0.05) is 17.8 Å². The van der Waals surface area contributed by atoms with Crippen LogP contribution in [0.25, 0.3) is 0 Å². The summed E-state index contributed by atoms with van der Waals surface area (Å²) in [7, 11) is -4.33. The van der Waals surface area contributed by atoms with Gasteiger partial charge in [0.1, 0.15) is 0 Å². The molecule has 0 saturated carbocycles. The number of rotatable bonds is 5. The Balaban J connectivity index is 0.00000288. The van der Waals surface area contributed by atoms with Crippen LogP contribution in [0.3, 0.4) is 0 Å². The van der Waals surface area contributed by atoms with E-state index in [1.54, 1.807) is 6.92 Å². The Bertz CT molecular complexity index is 648. The van der Waals surface area contributed by atoms with Gasteiger partial charge in [-0.25, -0.2) is 0 Å². The van der Waals surface area contributed by atoms with E-state index in [4.69, 9.17) is 4.55 Å². The van der Waals surface area contributed by atoms with Crippen molar-refractivity contribution >= 4 is 73.1 Å². The molecule has 1 aliphatic rings. The van der Waals surface area contributed by atoms with Crippen LogP contribution in [-0.4, -0.2) is 94.8 Å². The molecule has 0 radical (unpaired) electrons. The quantitative estimate of drug-likeness (QED) is 0.474. The van der Waals surface area contributed by atoms with E-state index in [0.29, 0.717) is 6.54 Å². The molecule has 1 N–H and O–H groups in total. The maximum absolute atomic E-state index is 14.2. The van der Waals surface area contributed by atoms with Gasteiger partial charge in [0.05, 0.1) is 16.5 Å². The fourth-order valence-electron chi connectivity index (χ4n) is 2.68. The molecule has 1 heterocycles. The van der Waals surface area contributed by atoms with Crippen molar-refractivity contribution in [2.75, 3.05) is 24.8 Å². The second-order valence-electron chi connectivity index (χ2n) is 5.85. The Morgan fingerprint density at radius 3 is 2.29 bits per heavy atom. The van der Waals surface area contributed by atoms with Crippen molar-refractivity contribution in [3.63, 3.8) is 0 Å². The van der Waals surface area contributed by atoms with Crippen LogP contribution in [0.1, 0.15) is 26.2 Å². The first-order valence-electron chi connectivity index (χ1n) is 7.58. The number of halogens is 1. The third kappa shape index (κ3) is 6.13. The number of anilines is 1.